The molecule has 8 heteroatoms. The molecular formula is C23H18F3NO4. The topological polar surface area (TPSA) is 64.6 Å². The van der Waals surface area contributed by atoms with Crippen LogP contribution in [0.4, 0.5) is 18.9 Å². The number of nitrogens with one attached hydrogen (secondary N) is 1. The molecule has 0 aliphatic rings. The summed E-state index contributed by atoms with van der Waals surface area (Å²) in [5.41, 5.74) is -0.535. The molecule has 0 aromatic heterocycles. The van der Waals surface area contributed by atoms with E-state index >= 15 is 0 Å². The zero-order valence-corrected chi connectivity index (χ0v) is 16.3. The van der Waals surface area contributed by atoms with Crippen LogP contribution in [0.5, 0.6) is 5.75 Å². The first-order valence-electron chi connectivity index (χ1n) is 9.16. The molecule has 0 unspecified atom stereocenters. The Hall–Kier alpha value is -3.81. The summed E-state index contributed by atoms with van der Waals surface area (Å²) in [5.74, 6) is -1.21. The van der Waals surface area contributed by atoms with E-state index in [9.17, 15) is 22.8 Å². The van der Waals surface area contributed by atoms with Gasteiger partial charge >= 0.3 is 12.1 Å². The van der Waals surface area contributed by atoms with Crippen LogP contribution in [0.1, 0.15) is 27.6 Å². The molecule has 0 spiro atoms. The summed E-state index contributed by atoms with van der Waals surface area (Å²) < 4.78 is 49.3. The number of anilines is 1. The van der Waals surface area contributed by atoms with E-state index in [-0.39, 0.29) is 5.56 Å². The SMILES string of the molecule is COc1cccc(NC(=O)[C@H](OC(=O)c2cccc(C(F)(F)F)c2)c2ccccc2)c1. The highest BCUT2D eigenvalue weighted by Crippen LogP contribution is 2.30. The number of carbonyl (C=O) groups excluding carboxylic acids is 2. The predicted octanol–water partition coefficient (Wildman–Crippen LogP) is 5.25. The number of benzene rings is 3. The van der Waals surface area contributed by atoms with Gasteiger partial charge in [0.1, 0.15) is 5.75 Å². The van der Waals surface area contributed by atoms with Crippen molar-refractivity contribution in [2.75, 3.05) is 12.4 Å². The summed E-state index contributed by atoms with van der Waals surface area (Å²) in [7, 11) is 1.48. The lowest BCUT2D eigenvalue weighted by Crippen LogP contribution is -2.26. The Labute approximate surface area is 176 Å². The molecule has 1 N–H and O–H groups in total. The molecular weight excluding hydrogens is 411 g/mol. The number of carbonyl (C=O) groups is 2. The van der Waals surface area contributed by atoms with Gasteiger partial charge in [0.2, 0.25) is 6.10 Å². The fourth-order valence-corrected chi connectivity index (χ4v) is 2.81. The molecule has 1 atom stereocenters. The minimum Gasteiger partial charge on any atom is -0.497 e. The maximum atomic E-state index is 13.0. The number of halogens is 3. The molecule has 3 aromatic carbocycles. The van der Waals surface area contributed by atoms with Gasteiger partial charge in [-0.2, -0.15) is 13.2 Å². The fourth-order valence-electron chi connectivity index (χ4n) is 2.81. The lowest BCUT2D eigenvalue weighted by Gasteiger charge is -2.19. The van der Waals surface area contributed by atoms with Crippen molar-refractivity contribution in [2.45, 2.75) is 12.3 Å². The van der Waals surface area contributed by atoms with Crippen LogP contribution >= 0.6 is 0 Å². The highest BCUT2D eigenvalue weighted by Gasteiger charge is 2.32. The Kier molecular flexibility index (Phi) is 6.59. The van der Waals surface area contributed by atoms with Gasteiger partial charge in [0.15, 0.2) is 0 Å². The quantitative estimate of drug-likeness (QED) is 0.544. The van der Waals surface area contributed by atoms with E-state index in [1.54, 1.807) is 54.6 Å². The van der Waals surface area contributed by atoms with Crippen LogP contribution in [0.2, 0.25) is 0 Å². The second-order valence-electron chi connectivity index (χ2n) is 6.50. The van der Waals surface area contributed by atoms with Crippen molar-refractivity contribution in [1.82, 2.24) is 0 Å². The maximum Gasteiger partial charge on any atom is 0.416 e. The zero-order valence-electron chi connectivity index (χ0n) is 16.3. The minimum absolute atomic E-state index is 0.315. The monoisotopic (exact) mass is 429 g/mol. The number of esters is 1. The van der Waals surface area contributed by atoms with Crippen LogP contribution in [0.3, 0.4) is 0 Å². The average Bonchev–Trinajstić information content (AvgIpc) is 2.77. The van der Waals surface area contributed by atoms with Crippen LogP contribution in [0.15, 0.2) is 78.9 Å². The number of alkyl halides is 3. The average molecular weight is 429 g/mol. The van der Waals surface area contributed by atoms with Gasteiger partial charge in [-0.3, -0.25) is 4.79 Å². The molecule has 0 aliphatic carbocycles. The maximum absolute atomic E-state index is 13.0. The minimum atomic E-state index is -4.61. The van der Waals surface area contributed by atoms with Crippen LogP contribution in [0.25, 0.3) is 0 Å². The van der Waals surface area contributed by atoms with Crippen LogP contribution in [-0.4, -0.2) is 19.0 Å². The van der Waals surface area contributed by atoms with Gasteiger partial charge in [-0.15, -0.1) is 0 Å². The van der Waals surface area contributed by atoms with Gasteiger partial charge in [0, 0.05) is 17.3 Å². The van der Waals surface area contributed by atoms with Gasteiger partial charge in [-0.05, 0) is 30.3 Å². The standard InChI is InChI=1S/C23H18F3NO4/c1-30-19-12-6-11-18(14-19)27-21(28)20(15-7-3-2-4-8-15)31-22(29)16-9-5-10-17(13-16)23(24,25)26/h2-14,20H,1H3,(H,27,28)/t20-/m1/s1. The first-order chi connectivity index (χ1) is 14.8. The lowest BCUT2D eigenvalue weighted by atomic mass is 10.1. The molecule has 0 saturated heterocycles. The molecule has 5 nitrogen and oxygen atoms in total. The molecule has 31 heavy (non-hydrogen) atoms. The summed E-state index contributed by atoms with van der Waals surface area (Å²) >= 11 is 0. The molecule has 0 fully saturated rings. The molecule has 3 rings (SSSR count). The van der Waals surface area contributed by atoms with E-state index in [0.29, 0.717) is 23.1 Å². The molecule has 0 aliphatic heterocycles. The molecule has 0 bridgehead atoms. The second-order valence-corrected chi connectivity index (χ2v) is 6.50. The van der Waals surface area contributed by atoms with Crippen LogP contribution in [-0.2, 0) is 15.7 Å². The third kappa shape index (κ3) is 5.63. The van der Waals surface area contributed by atoms with E-state index in [1.165, 1.54) is 13.2 Å². The largest absolute Gasteiger partial charge is 0.497 e. The van der Waals surface area contributed by atoms with Gasteiger partial charge in [0.25, 0.3) is 5.91 Å². The lowest BCUT2D eigenvalue weighted by molar-refractivity contribution is -0.137. The number of hydrogen-bond donors (Lipinski definition) is 1. The summed E-state index contributed by atoms with van der Waals surface area (Å²) in [5, 5.41) is 2.63. The van der Waals surface area contributed by atoms with Gasteiger partial charge < -0.3 is 14.8 Å². The Morgan fingerprint density at radius 3 is 2.29 bits per heavy atom. The van der Waals surface area contributed by atoms with Crippen molar-refractivity contribution in [1.29, 1.82) is 0 Å². The van der Waals surface area contributed by atoms with Crippen molar-refractivity contribution >= 4 is 17.6 Å². The fraction of sp³-hybridized carbons (Fsp3) is 0.130. The summed E-state index contributed by atoms with van der Waals surface area (Å²) in [6.07, 6.45) is -5.99. The Morgan fingerprint density at radius 1 is 0.903 bits per heavy atom. The smallest absolute Gasteiger partial charge is 0.416 e. The molecule has 1 amide bonds. The van der Waals surface area contributed by atoms with E-state index in [4.69, 9.17) is 9.47 Å². The Balaban J connectivity index is 1.86. The molecule has 0 radical (unpaired) electrons. The first kappa shape index (κ1) is 21.9. The summed E-state index contributed by atoms with van der Waals surface area (Å²) in [6.45, 7) is 0. The van der Waals surface area contributed by atoms with Crippen molar-refractivity contribution in [2.24, 2.45) is 0 Å². The van der Waals surface area contributed by atoms with E-state index in [2.05, 4.69) is 5.32 Å². The second kappa shape index (κ2) is 9.34. The van der Waals surface area contributed by atoms with E-state index in [1.807, 2.05) is 0 Å². The van der Waals surface area contributed by atoms with Crippen molar-refractivity contribution in [3.63, 3.8) is 0 Å². The predicted molar refractivity (Wildman–Crippen MR) is 108 cm³/mol. The molecule has 3 aromatic rings. The normalized spacial score (nSPS) is 12.0. The number of hydrogen-bond acceptors (Lipinski definition) is 4. The Bertz CT molecular complexity index is 1070. The number of ether oxygens (including phenoxy) is 2. The Morgan fingerprint density at radius 2 is 1.61 bits per heavy atom. The van der Waals surface area contributed by atoms with E-state index in [0.717, 1.165) is 12.1 Å². The van der Waals surface area contributed by atoms with Crippen LogP contribution < -0.4 is 10.1 Å². The van der Waals surface area contributed by atoms with Gasteiger partial charge in [0.05, 0.1) is 18.2 Å². The van der Waals surface area contributed by atoms with Gasteiger partial charge in [-0.25, -0.2) is 4.79 Å². The first-order valence-corrected chi connectivity index (χ1v) is 9.16. The third-order valence-electron chi connectivity index (χ3n) is 4.33. The number of methoxy groups -OCH3 is 1. The number of rotatable bonds is 6. The zero-order chi connectivity index (χ0) is 22.4. The summed E-state index contributed by atoms with van der Waals surface area (Å²) in [4.78, 5) is 25.5. The third-order valence-corrected chi connectivity index (χ3v) is 4.33. The highest BCUT2D eigenvalue weighted by atomic mass is 19.4. The van der Waals surface area contributed by atoms with Gasteiger partial charge in [-0.1, -0.05) is 42.5 Å². The molecule has 0 saturated carbocycles. The number of amides is 1. The summed E-state index contributed by atoms with van der Waals surface area (Å²) in [6, 6.07) is 18.6. The van der Waals surface area contributed by atoms with Crippen LogP contribution in [0, 0.1) is 0 Å². The van der Waals surface area contributed by atoms with Crippen molar-refractivity contribution in [3.8, 4) is 5.75 Å². The molecule has 0 heterocycles. The molecule has 160 valence electrons. The van der Waals surface area contributed by atoms with Crippen molar-refractivity contribution in [3.05, 3.63) is 95.6 Å². The van der Waals surface area contributed by atoms with Crippen molar-refractivity contribution < 1.29 is 32.2 Å². The van der Waals surface area contributed by atoms with E-state index < -0.39 is 29.7 Å². The highest BCUT2D eigenvalue weighted by molar-refractivity contribution is 5.98.